The molecule has 5 nitrogen and oxygen atoms in total. The van der Waals surface area contributed by atoms with Gasteiger partial charge in [0, 0.05) is 6.54 Å². The Hall–Kier alpha value is -1.10. The molecule has 0 saturated heterocycles. The summed E-state index contributed by atoms with van der Waals surface area (Å²) in [6, 6.07) is 0. The van der Waals surface area contributed by atoms with Crippen molar-refractivity contribution in [3.8, 4) is 0 Å². The molecule has 0 radical (unpaired) electrons. The van der Waals surface area contributed by atoms with Gasteiger partial charge >= 0.3 is 5.97 Å². The maximum atomic E-state index is 11.2. The van der Waals surface area contributed by atoms with E-state index in [1.165, 1.54) is 0 Å². The molecule has 0 aromatic heterocycles. The Bertz CT molecular complexity index is 225. The highest BCUT2D eigenvalue weighted by Gasteiger charge is 2.15. The quantitative estimate of drug-likeness (QED) is 0.656. The molecule has 0 aliphatic heterocycles. The van der Waals surface area contributed by atoms with E-state index in [-0.39, 0.29) is 17.9 Å². The smallest absolute Gasteiger partial charge is 0.329 e. The average Bonchev–Trinajstić information content (AvgIpc) is 2.14. The monoisotopic (exact) mass is 217 g/mol. The lowest BCUT2D eigenvalue weighted by atomic mass is 9.90. The topological polar surface area (TPSA) is 75.6 Å². The zero-order valence-corrected chi connectivity index (χ0v) is 9.50. The van der Waals surface area contributed by atoms with Crippen molar-refractivity contribution in [2.24, 2.45) is 5.41 Å². The standard InChI is InChI=1S/C10H19NO4/c1-4-10(2,3)7-11-8(12)5-15-6-9(13)14/h4-7H2,1-3H3,(H,11,12)(H,13,14). The number of hydrogen-bond donors (Lipinski definition) is 2. The number of aliphatic carboxylic acids is 1. The van der Waals surface area contributed by atoms with Crippen LogP contribution in [0.3, 0.4) is 0 Å². The van der Waals surface area contributed by atoms with Gasteiger partial charge in [0.15, 0.2) is 0 Å². The number of nitrogens with one attached hydrogen (secondary N) is 1. The molecule has 0 aromatic carbocycles. The van der Waals surface area contributed by atoms with Gasteiger partial charge in [-0.2, -0.15) is 0 Å². The summed E-state index contributed by atoms with van der Waals surface area (Å²) >= 11 is 0. The van der Waals surface area contributed by atoms with E-state index in [9.17, 15) is 9.59 Å². The van der Waals surface area contributed by atoms with Crippen LogP contribution in [-0.4, -0.2) is 36.7 Å². The molecule has 0 bridgehead atoms. The average molecular weight is 217 g/mol. The first-order valence-corrected chi connectivity index (χ1v) is 4.93. The summed E-state index contributed by atoms with van der Waals surface area (Å²) in [5, 5.41) is 11.0. The van der Waals surface area contributed by atoms with E-state index in [1.807, 2.05) is 20.8 Å². The third-order valence-corrected chi connectivity index (χ3v) is 2.18. The zero-order valence-electron chi connectivity index (χ0n) is 9.50. The second kappa shape index (κ2) is 6.40. The summed E-state index contributed by atoms with van der Waals surface area (Å²) in [7, 11) is 0. The molecule has 0 unspecified atom stereocenters. The fourth-order valence-corrected chi connectivity index (χ4v) is 0.745. The minimum absolute atomic E-state index is 0.0580. The second-order valence-electron chi connectivity index (χ2n) is 4.18. The molecular weight excluding hydrogens is 198 g/mol. The number of carbonyl (C=O) groups excluding carboxylic acids is 1. The predicted molar refractivity (Wildman–Crippen MR) is 55.5 cm³/mol. The molecule has 0 fully saturated rings. The molecule has 0 aliphatic rings. The Kier molecular flexibility index (Phi) is 5.93. The van der Waals surface area contributed by atoms with Crippen molar-refractivity contribution >= 4 is 11.9 Å². The maximum Gasteiger partial charge on any atom is 0.329 e. The Morgan fingerprint density at radius 1 is 1.33 bits per heavy atom. The molecule has 5 heteroatoms. The Morgan fingerprint density at radius 2 is 1.93 bits per heavy atom. The molecule has 0 rings (SSSR count). The van der Waals surface area contributed by atoms with Crippen LogP contribution < -0.4 is 5.32 Å². The fraction of sp³-hybridized carbons (Fsp3) is 0.800. The van der Waals surface area contributed by atoms with E-state index in [0.717, 1.165) is 6.42 Å². The number of carboxylic acid groups (broad SMARTS) is 1. The highest BCUT2D eigenvalue weighted by Crippen LogP contribution is 2.17. The lowest BCUT2D eigenvalue weighted by molar-refractivity contribution is -0.143. The normalized spacial score (nSPS) is 11.1. The summed E-state index contributed by atoms with van der Waals surface area (Å²) in [5.41, 5.74) is 0.0580. The summed E-state index contributed by atoms with van der Waals surface area (Å²) in [6.45, 7) is 6.07. The Labute approximate surface area is 89.8 Å². The first-order chi connectivity index (χ1) is 6.87. The van der Waals surface area contributed by atoms with Crippen LogP contribution in [-0.2, 0) is 14.3 Å². The lowest BCUT2D eigenvalue weighted by Crippen LogP contribution is -2.36. The Balaban J connectivity index is 3.62. The molecule has 0 spiro atoms. The van der Waals surface area contributed by atoms with Crippen LogP contribution in [0.5, 0.6) is 0 Å². The van der Waals surface area contributed by atoms with Gasteiger partial charge in [-0.15, -0.1) is 0 Å². The number of carboxylic acids is 1. The number of amides is 1. The van der Waals surface area contributed by atoms with Gasteiger partial charge in [-0.1, -0.05) is 20.8 Å². The number of ether oxygens (including phenoxy) is 1. The lowest BCUT2D eigenvalue weighted by Gasteiger charge is -2.22. The first kappa shape index (κ1) is 13.9. The van der Waals surface area contributed by atoms with Crippen LogP contribution in [0.2, 0.25) is 0 Å². The first-order valence-electron chi connectivity index (χ1n) is 4.93. The molecule has 88 valence electrons. The van der Waals surface area contributed by atoms with Gasteiger partial charge in [0.25, 0.3) is 0 Å². The number of hydrogen-bond acceptors (Lipinski definition) is 3. The molecule has 0 aromatic rings. The van der Waals surface area contributed by atoms with Gasteiger partial charge in [-0.3, -0.25) is 4.79 Å². The van der Waals surface area contributed by atoms with Crippen LogP contribution >= 0.6 is 0 Å². The van der Waals surface area contributed by atoms with E-state index in [4.69, 9.17) is 5.11 Å². The second-order valence-corrected chi connectivity index (χ2v) is 4.18. The van der Waals surface area contributed by atoms with Crippen molar-refractivity contribution in [2.45, 2.75) is 27.2 Å². The van der Waals surface area contributed by atoms with Crippen molar-refractivity contribution in [2.75, 3.05) is 19.8 Å². The van der Waals surface area contributed by atoms with Gasteiger partial charge in [0.2, 0.25) is 5.91 Å². The van der Waals surface area contributed by atoms with Gasteiger partial charge in [0.05, 0.1) is 0 Å². The van der Waals surface area contributed by atoms with Crippen LogP contribution in [0, 0.1) is 5.41 Å². The van der Waals surface area contributed by atoms with E-state index >= 15 is 0 Å². The van der Waals surface area contributed by atoms with Crippen LogP contribution in [0.1, 0.15) is 27.2 Å². The molecule has 2 N–H and O–H groups in total. The summed E-state index contributed by atoms with van der Waals surface area (Å²) in [5.74, 6) is -1.35. The van der Waals surface area contributed by atoms with Gasteiger partial charge < -0.3 is 15.2 Å². The number of rotatable bonds is 7. The minimum atomic E-state index is -1.07. The predicted octanol–water partition coefficient (Wildman–Crippen LogP) is 0.640. The molecule has 15 heavy (non-hydrogen) atoms. The summed E-state index contributed by atoms with van der Waals surface area (Å²) in [6.07, 6.45) is 0.962. The van der Waals surface area contributed by atoms with Crippen molar-refractivity contribution in [3.05, 3.63) is 0 Å². The van der Waals surface area contributed by atoms with Crippen molar-refractivity contribution in [1.82, 2.24) is 5.32 Å². The van der Waals surface area contributed by atoms with Crippen LogP contribution in [0.15, 0.2) is 0 Å². The fourth-order valence-electron chi connectivity index (χ4n) is 0.745. The van der Waals surface area contributed by atoms with Crippen molar-refractivity contribution in [1.29, 1.82) is 0 Å². The molecule has 1 amide bonds. The number of carbonyl (C=O) groups is 2. The molecular formula is C10H19NO4. The third-order valence-electron chi connectivity index (χ3n) is 2.18. The van der Waals surface area contributed by atoms with E-state index < -0.39 is 12.6 Å². The maximum absolute atomic E-state index is 11.2. The van der Waals surface area contributed by atoms with Crippen molar-refractivity contribution < 1.29 is 19.4 Å². The SMILES string of the molecule is CCC(C)(C)CNC(=O)COCC(=O)O. The summed E-state index contributed by atoms with van der Waals surface area (Å²) < 4.78 is 4.64. The molecule has 0 atom stereocenters. The van der Waals surface area contributed by atoms with E-state index in [1.54, 1.807) is 0 Å². The van der Waals surface area contributed by atoms with Crippen LogP contribution in [0.4, 0.5) is 0 Å². The molecule has 0 aliphatic carbocycles. The van der Waals surface area contributed by atoms with Crippen LogP contribution in [0.25, 0.3) is 0 Å². The molecule has 0 saturated carbocycles. The Morgan fingerprint density at radius 3 is 2.40 bits per heavy atom. The molecule has 0 heterocycles. The zero-order chi connectivity index (χ0) is 11.9. The minimum Gasteiger partial charge on any atom is -0.480 e. The third kappa shape index (κ3) is 7.93. The largest absolute Gasteiger partial charge is 0.480 e. The highest BCUT2D eigenvalue weighted by atomic mass is 16.5. The highest BCUT2D eigenvalue weighted by molar-refractivity contribution is 5.77. The van der Waals surface area contributed by atoms with Gasteiger partial charge in [-0.25, -0.2) is 4.79 Å². The van der Waals surface area contributed by atoms with Gasteiger partial charge in [-0.05, 0) is 11.8 Å². The van der Waals surface area contributed by atoms with E-state index in [2.05, 4.69) is 10.1 Å². The summed E-state index contributed by atoms with van der Waals surface area (Å²) in [4.78, 5) is 21.2. The van der Waals surface area contributed by atoms with Crippen molar-refractivity contribution in [3.63, 3.8) is 0 Å². The van der Waals surface area contributed by atoms with E-state index in [0.29, 0.717) is 6.54 Å². The van der Waals surface area contributed by atoms with Gasteiger partial charge in [0.1, 0.15) is 13.2 Å².